The third-order valence-electron chi connectivity index (χ3n) is 5.05. The van der Waals surface area contributed by atoms with Gasteiger partial charge in [0.15, 0.2) is 6.54 Å². The second-order valence-corrected chi connectivity index (χ2v) is 10.5. The number of aryl methyl sites for hydroxylation is 1. The molecule has 0 saturated heterocycles. The van der Waals surface area contributed by atoms with E-state index in [1.54, 1.807) is 29.8 Å². The maximum atomic E-state index is 11.9. The van der Waals surface area contributed by atoms with Crippen molar-refractivity contribution >= 4 is 60.6 Å². The lowest BCUT2D eigenvalue weighted by molar-refractivity contribution is -0.652. The minimum absolute atomic E-state index is 0.132. The molecule has 0 atom stereocenters. The monoisotopic (exact) mass is 606 g/mol. The summed E-state index contributed by atoms with van der Waals surface area (Å²) in [5.74, 6) is 6.99. The molecule has 10 nitrogen and oxygen atoms in total. The van der Waals surface area contributed by atoms with Gasteiger partial charge in [0.1, 0.15) is 10.1 Å². The SMILES string of the molecule is Cc1nn(CC(=O)Nc2ccc(Br)cc2)c(C)[n+]1N.O=S(=O)([O-])c1ccc(Nc2ccccc2Cl)cc1. The van der Waals surface area contributed by atoms with Gasteiger partial charge in [-0.1, -0.05) is 39.7 Å². The summed E-state index contributed by atoms with van der Waals surface area (Å²) in [5.41, 5.74) is 2.10. The summed E-state index contributed by atoms with van der Waals surface area (Å²) in [4.78, 5) is 11.6. The van der Waals surface area contributed by atoms with Gasteiger partial charge in [-0.05, 0) is 60.7 Å². The van der Waals surface area contributed by atoms with Crippen LogP contribution in [0.3, 0.4) is 0 Å². The summed E-state index contributed by atoms with van der Waals surface area (Å²) in [6.07, 6.45) is 0. The van der Waals surface area contributed by atoms with Crippen molar-refractivity contribution < 1.29 is 22.4 Å². The lowest BCUT2D eigenvalue weighted by Crippen LogP contribution is -2.48. The van der Waals surface area contributed by atoms with E-state index in [0.29, 0.717) is 22.2 Å². The highest BCUT2D eigenvalue weighted by Gasteiger charge is 2.19. The molecule has 0 radical (unpaired) electrons. The van der Waals surface area contributed by atoms with Crippen molar-refractivity contribution in [2.24, 2.45) is 0 Å². The average molecular weight is 608 g/mol. The predicted octanol–water partition coefficient (Wildman–Crippen LogP) is 3.89. The normalized spacial score (nSPS) is 10.8. The first-order chi connectivity index (χ1) is 17.4. The number of nitrogens with zero attached hydrogens (tertiary/aromatic N) is 3. The molecular formula is C24H24BrClN6O4S. The zero-order chi connectivity index (χ0) is 27.2. The summed E-state index contributed by atoms with van der Waals surface area (Å²) in [7, 11) is -4.40. The zero-order valence-electron chi connectivity index (χ0n) is 19.9. The lowest BCUT2D eigenvalue weighted by atomic mass is 10.2. The Balaban J connectivity index is 0.000000206. The number of benzene rings is 3. The molecule has 0 fully saturated rings. The Kier molecular flexibility index (Phi) is 9.27. The van der Waals surface area contributed by atoms with Crippen LogP contribution in [0.25, 0.3) is 0 Å². The molecule has 0 spiro atoms. The Morgan fingerprint density at radius 3 is 2.19 bits per heavy atom. The number of para-hydroxylation sites is 1. The molecule has 1 amide bonds. The van der Waals surface area contributed by atoms with E-state index in [-0.39, 0.29) is 17.3 Å². The molecular weight excluding hydrogens is 584 g/mol. The predicted molar refractivity (Wildman–Crippen MR) is 144 cm³/mol. The van der Waals surface area contributed by atoms with Crippen molar-refractivity contribution in [1.82, 2.24) is 9.78 Å². The van der Waals surface area contributed by atoms with Crippen molar-refractivity contribution in [2.75, 3.05) is 16.5 Å². The molecule has 37 heavy (non-hydrogen) atoms. The molecule has 4 rings (SSSR count). The molecule has 0 bridgehead atoms. The molecule has 0 saturated carbocycles. The number of halogens is 2. The summed E-state index contributed by atoms with van der Waals surface area (Å²) in [6, 6.07) is 20.1. The number of rotatable bonds is 6. The van der Waals surface area contributed by atoms with Gasteiger partial charge in [-0.15, -0.1) is 9.36 Å². The Labute approximate surface area is 227 Å². The van der Waals surface area contributed by atoms with Gasteiger partial charge in [-0.3, -0.25) is 10.6 Å². The molecule has 4 aromatic rings. The minimum atomic E-state index is -4.40. The van der Waals surface area contributed by atoms with Crippen LogP contribution in [0.1, 0.15) is 11.6 Å². The van der Waals surface area contributed by atoms with Crippen molar-refractivity contribution in [2.45, 2.75) is 25.3 Å². The number of hydrogen-bond acceptors (Lipinski definition) is 7. The van der Waals surface area contributed by atoms with Crippen LogP contribution in [-0.4, -0.2) is 28.7 Å². The van der Waals surface area contributed by atoms with Crippen LogP contribution < -0.4 is 21.2 Å². The summed E-state index contributed by atoms with van der Waals surface area (Å²) in [6.45, 7) is 3.73. The maximum Gasteiger partial charge on any atom is 0.295 e. The highest BCUT2D eigenvalue weighted by molar-refractivity contribution is 9.10. The lowest BCUT2D eigenvalue weighted by Gasteiger charge is -2.10. The number of nitrogens with one attached hydrogen (secondary N) is 2. The number of nitrogens with two attached hydrogens (primary N) is 1. The number of carbonyl (C=O) groups is 1. The Morgan fingerprint density at radius 2 is 1.65 bits per heavy atom. The molecule has 0 aliphatic carbocycles. The van der Waals surface area contributed by atoms with Crippen LogP contribution in [0.4, 0.5) is 17.1 Å². The number of anilines is 3. The number of aromatic nitrogens is 3. The Hall–Kier alpha value is -3.45. The van der Waals surface area contributed by atoms with E-state index in [2.05, 4.69) is 31.7 Å². The van der Waals surface area contributed by atoms with Crippen LogP contribution in [-0.2, 0) is 21.5 Å². The number of carbonyl (C=O) groups excluding carboxylic acids is 1. The van der Waals surface area contributed by atoms with Gasteiger partial charge in [0, 0.05) is 34.8 Å². The topological polar surface area (TPSA) is 146 Å². The van der Waals surface area contributed by atoms with Crippen molar-refractivity contribution in [3.63, 3.8) is 0 Å². The molecule has 4 N–H and O–H groups in total. The minimum Gasteiger partial charge on any atom is -0.744 e. The molecule has 1 aromatic heterocycles. The van der Waals surface area contributed by atoms with E-state index in [0.717, 1.165) is 16.0 Å². The summed E-state index contributed by atoms with van der Waals surface area (Å²) in [5, 5.41) is 10.6. The second kappa shape index (κ2) is 12.2. The molecule has 0 aliphatic heterocycles. The largest absolute Gasteiger partial charge is 0.744 e. The first kappa shape index (κ1) is 28.1. The standard InChI is InChI=1S/C12H14BrN5O.C12H10ClNO3S/c1-8-16-17(9(2)18(8)14)7-12(19)15-11-5-3-10(13)4-6-11;13-11-3-1-2-4-12(11)14-9-5-7-10(8-6-9)18(15,16)17/h3-6H,7,14H2,1-2H3;1-8,14H,(H,15,16,17). The van der Waals surface area contributed by atoms with E-state index >= 15 is 0 Å². The Morgan fingerprint density at radius 1 is 1.05 bits per heavy atom. The molecule has 13 heteroatoms. The fourth-order valence-electron chi connectivity index (χ4n) is 3.10. The second-order valence-electron chi connectivity index (χ2n) is 7.76. The van der Waals surface area contributed by atoms with Crippen molar-refractivity contribution in [3.8, 4) is 0 Å². The highest BCUT2D eigenvalue weighted by Crippen LogP contribution is 2.25. The molecule has 0 unspecified atom stereocenters. The first-order valence-electron chi connectivity index (χ1n) is 10.8. The van der Waals surface area contributed by atoms with Gasteiger partial charge in [-0.2, -0.15) is 0 Å². The van der Waals surface area contributed by atoms with Crippen LogP contribution in [0.5, 0.6) is 0 Å². The van der Waals surface area contributed by atoms with Gasteiger partial charge in [0.2, 0.25) is 0 Å². The smallest absolute Gasteiger partial charge is 0.295 e. The van der Waals surface area contributed by atoms with E-state index < -0.39 is 10.1 Å². The van der Waals surface area contributed by atoms with Gasteiger partial charge in [0.25, 0.3) is 17.6 Å². The van der Waals surface area contributed by atoms with Gasteiger partial charge in [0.05, 0.1) is 15.6 Å². The van der Waals surface area contributed by atoms with Crippen LogP contribution in [0.2, 0.25) is 5.02 Å². The fraction of sp³-hybridized carbons (Fsp3) is 0.125. The quantitative estimate of drug-likeness (QED) is 0.171. The van der Waals surface area contributed by atoms with Gasteiger partial charge in [-0.25, -0.2) is 8.42 Å². The van der Waals surface area contributed by atoms with Crippen molar-refractivity contribution in [3.05, 3.63) is 93.9 Å². The Bertz CT molecular complexity index is 1490. The third-order valence-corrected chi connectivity index (χ3v) is 6.76. The highest BCUT2D eigenvalue weighted by atomic mass is 79.9. The van der Waals surface area contributed by atoms with E-state index in [9.17, 15) is 17.8 Å². The maximum absolute atomic E-state index is 11.9. The van der Waals surface area contributed by atoms with E-state index in [4.69, 9.17) is 17.4 Å². The molecule has 3 aromatic carbocycles. The number of hydrogen-bond donors (Lipinski definition) is 3. The van der Waals surface area contributed by atoms with Gasteiger partial charge < -0.3 is 15.2 Å². The molecule has 1 heterocycles. The third kappa shape index (κ3) is 8.02. The zero-order valence-corrected chi connectivity index (χ0v) is 23.0. The number of nitrogen functional groups attached to an aromatic ring is 1. The van der Waals surface area contributed by atoms with Gasteiger partial charge >= 0.3 is 0 Å². The van der Waals surface area contributed by atoms with Crippen LogP contribution in [0, 0.1) is 13.8 Å². The van der Waals surface area contributed by atoms with E-state index in [1.165, 1.54) is 28.9 Å². The summed E-state index contributed by atoms with van der Waals surface area (Å²) >= 11 is 9.31. The first-order valence-corrected chi connectivity index (χ1v) is 13.4. The average Bonchev–Trinajstić information content (AvgIpc) is 3.08. The van der Waals surface area contributed by atoms with Crippen molar-refractivity contribution in [1.29, 1.82) is 0 Å². The number of amides is 1. The van der Waals surface area contributed by atoms with E-state index in [1.807, 2.05) is 37.3 Å². The van der Waals surface area contributed by atoms with Crippen LogP contribution >= 0.6 is 27.5 Å². The molecule has 0 aliphatic rings. The summed E-state index contributed by atoms with van der Waals surface area (Å²) < 4.78 is 36.3. The van der Waals surface area contributed by atoms with Crippen LogP contribution in [0.15, 0.2) is 82.2 Å². The fourth-order valence-corrected chi connectivity index (χ4v) is 4.01. The molecule has 194 valence electrons.